The monoisotopic (exact) mass is 400 g/mol. The van der Waals surface area contributed by atoms with Crippen LogP contribution in [0.1, 0.15) is 11.1 Å². The van der Waals surface area contributed by atoms with Crippen LogP contribution < -0.4 is 10.3 Å². The van der Waals surface area contributed by atoms with E-state index < -0.39 is 43.4 Å². The van der Waals surface area contributed by atoms with Crippen LogP contribution in [0.5, 0.6) is 0 Å². The summed E-state index contributed by atoms with van der Waals surface area (Å²) in [5, 5.41) is -0.438. The average molecular weight is 400 g/mol. The molecule has 0 saturated heterocycles. The number of halogens is 4. The summed E-state index contributed by atoms with van der Waals surface area (Å²) in [5.41, 5.74) is -1.83. The maximum Gasteiger partial charge on any atom is 0.417 e. The molecule has 0 bridgehead atoms. The van der Waals surface area contributed by atoms with Crippen molar-refractivity contribution < 1.29 is 26.0 Å². The van der Waals surface area contributed by atoms with Gasteiger partial charge in [-0.25, -0.2) is 17.5 Å². The molecule has 1 heterocycles. The molecule has 0 amide bonds. The molecule has 142 valence electrons. The van der Waals surface area contributed by atoms with E-state index in [4.69, 9.17) is 0 Å². The maximum atomic E-state index is 13.2. The molecule has 0 aliphatic rings. The van der Waals surface area contributed by atoms with Gasteiger partial charge >= 0.3 is 6.18 Å². The average Bonchev–Trinajstić information content (AvgIpc) is 2.59. The number of nitrogens with one attached hydrogen (secondary N) is 2. The maximum absolute atomic E-state index is 13.2. The van der Waals surface area contributed by atoms with Gasteiger partial charge in [-0.1, -0.05) is 12.1 Å². The van der Waals surface area contributed by atoms with Crippen LogP contribution in [0.4, 0.5) is 17.6 Å². The molecule has 0 unspecified atom stereocenters. The van der Waals surface area contributed by atoms with Gasteiger partial charge in [0.25, 0.3) is 0 Å². The van der Waals surface area contributed by atoms with Crippen molar-refractivity contribution in [2.24, 2.45) is 0 Å². The molecule has 3 aromatic rings. The molecule has 0 atom stereocenters. The van der Waals surface area contributed by atoms with Crippen LogP contribution in [0.15, 0.2) is 58.2 Å². The molecule has 0 spiro atoms. The number of H-pyrrole nitrogens is 1. The summed E-state index contributed by atoms with van der Waals surface area (Å²) < 4.78 is 79.5. The second-order valence-electron chi connectivity index (χ2n) is 5.70. The second-order valence-corrected chi connectivity index (χ2v) is 7.47. The Bertz CT molecular complexity index is 1150. The topological polar surface area (TPSA) is 79.0 Å². The van der Waals surface area contributed by atoms with E-state index in [9.17, 15) is 30.8 Å². The van der Waals surface area contributed by atoms with Gasteiger partial charge < -0.3 is 4.98 Å². The molecule has 2 N–H and O–H groups in total. The van der Waals surface area contributed by atoms with Crippen LogP contribution in [-0.4, -0.2) is 13.4 Å². The Morgan fingerprint density at radius 1 is 1.00 bits per heavy atom. The van der Waals surface area contributed by atoms with Gasteiger partial charge in [-0.15, -0.1) is 0 Å². The van der Waals surface area contributed by atoms with Crippen molar-refractivity contribution in [2.75, 3.05) is 0 Å². The zero-order valence-electron chi connectivity index (χ0n) is 13.5. The smallest absolute Gasteiger partial charge is 0.322 e. The van der Waals surface area contributed by atoms with Gasteiger partial charge in [0.15, 0.2) is 0 Å². The highest BCUT2D eigenvalue weighted by atomic mass is 32.2. The molecular weight excluding hydrogens is 388 g/mol. The fourth-order valence-corrected chi connectivity index (χ4v) is 3.54. The lowest BCUT2D eigenvalue weighted by Gasteiger charge is -2.12. The first-order valence-electron chi connectivity index (χ1n) is 7.55. The van der Waals surface area contributed by atoms with Crippen LogP contribution in [0.25, 0.3) is 10.9 Å². The first-order valence-corrected chi connectivity index (χ1v) is 9.03. The largest absolute Gasteiger partial charge is 0.417 e. The Kier molecular flexibility index (Phi) is 4.79. The van der Waals surface area contributed by atoms with Crippen LogP contribution in [-0.2, 0) is 22.7 Å². The molecule has 0 fully saturated rings. The first kappa shape index (κ1) is 19.1. The molecule has 1 aromatic heterocycles. The Hall–Kier alpha value is -2.72. The third-order valence-corrected chi connectivity index (χ3v) is 5.21. The molecule has 0 aliphatic carbocycles. The SMILES string of the molecule is O=c1cc(C(F)(F)F)c2cc(S(=O)(=O)NCc3ccc(F)cc3)ccc2[nH]1. The number of pyridine rings is 1. The van der Waals surface area contributed by atoms with E-state index in [-0.39, 0.29) is 12.1 Å². The van der Waals surface area contributed by atoms with Gasteiger partial charge in [0.2, 0.25) is 15.6 Å². The van der Waals surface area contributed by atoms with Gasteiger partial charge in [-0.2, -0.15) is 13.2 Å². The summed E-state index contributed by atoms with van der Waals surface area (Å²) in [6.07, 6.45) is -4.82. The van der Waals surface area contributed by atoms with Crippen LogP contribution >= 0.6 is 0 Å². The molecule has 0 saturated carbocycles. The van der Waals surface area contributed by atoms with Gasteiger partial charge in [-0.05, 0) is 35.9 Å². The Balaban J connectivity index is 1.99. The summed E-state index contributed by atoms with van der Waals surface area (Å²) >= 11 is 0. The molecule has 0 aliphatic heterocycles. The number of alkyl halides is 3. The Morgan fingerprint density at radius 2 is 1.67 bits per heavy atom. The summed E-state index contributed by atoms with van der Waals surface area (Å²) in [4.78, 5) is 13.2. The highest BCUT2D eigenvalue weighted by Crippen LogP contribution is 2.34. The zero-order valence-corrected chi connectivity index (χ0v) is 14.3. The van der Waals surface area contributed by atoms with Crippen molar-refractivity contribution in [1.29, 1.82) is 0 Å². The number of aromatic nitrogens is 1. The fraction of sp³-hybridized carbons (Fsp3) is 0.118. The van der Waals surface area contributed by atoms with Crippen molar-refractivity contribution in [1.82, 2.24) is 9.71 Å². The van der Waals surface area contributed by atoms with E-state index in [0.29, 0.717) is 11.6 Å². The Morgan fingerprint density at radius 3 is 2.30 bits per heavy atom. The molecule has 10 heteroatoms. The van der Waals surface area contributed by atoms with Crippen LogP contribution in [0, 0.1) is 5.82 Å². The number of fused-ring (bicyclic) bond motifs is 1. The third-order valence-electron chi connectivity index (χ3n) is 3.81. The standard InChI is InChI=1S/C17H12F4N2O3S/c18-11-3-1-10(2-4-11)9-22-27(25,26)12-5-6-15-13(7-12)14(17(19,20)21)8-16(24)23-15/h1-8,22H,9H2,(H,23,24). The van der Waals surface area contributed by atoms with Crippen molar-refractivity contribution >= 4 is 20.9 Å². The number of rotatable bonds is 4. The highest BCUT2D eigenvalue weighted by Gasteiger charge is 2.33. The molecule has 5 nitrogen and oxygen atoms in total. The summed E-state index contributed by atoms with van der Waals surface area (Å²) in [6, 6.07) is 8.49. The highest BCUT2D eigenvalue weighted by molar-refractivity contribution is 7.89. The molecule has 2 aromatic carbocycles. The summed E-state index contributed by atoms with van der Waals surface area (Å²) in [6.45, 7) is -0.168. The van der Waals surface area contributed by atoms with Crippen molar-refractivity contribution in [3.63, 3.8) is 0 Å². The van der Waals surface area contributed by atoms with E-state index in [0.717, 1.165) is 30.3 Å². The first-order chi connectivity index (χ1) is 12.6. The minimum Gasteiger partial charge on any atom is -0.322 e. The number of sulfonamides is 1. The molecule has 0 radical (unpaired) electrons. The number of hydrogen-bond donors (Lipinski definition) is 2. The normalized spacial score (nSPS) is 12.4. The summed E-state index contributed by atoms with van der Waals surface area (Å²) in [5.74, 6) is -0.482. The fourth-order valence-electron chi connectivity index (χ4n) is 2.50. The lowest BCUT2D eigenvalue weighted by molar-refractivity contribution is -0.136. The lowest BCUT2D eigenvalue weighted by Crippen LogP contribution is -2.23. The van der Waals surface area contributed by atoms with Crippen LogP contribution in [0.2, 0.25) is 0 Å². The van der Waals surface area contributed by atoms with Gasteiger partial charge in [0.1, 0.15) is 5.82 Å². The second kappa shape index (κ2) is 6.78. The van der Waals surface area contributed by atoms with E-state index >= 15 is 0 Å². The van der Waals surface area contributed by atoms with Gasteiger partial charge in [0.05, 0.1) is 10.5 Å². The zero-order chi connectivity index (χ0) is 19.8. The van der Waals surface area contributed by atoms with Crippen LogP contribution in [0.3, 0.4) is 0 Å². The van der Waals surface area contributed by atoms with E-state index in [1.54, 1.807) is 0 Å². The lowest BCUT2D eigenvalue weighted by atomic mass is 10.1. The third kappa shape index (κ3) is 4.17. The van der Waals surface area contributed by atoms with Crippen molar-refractivity contribution in [3.05, 3.63) is 75.8 Å². The van der Waals surface area contributed by atoms with Gasteiger partial charge in [0, 0.05) is 23.5 Å². The number of benzene rings is 2. The number of hydrogen-bond acceptors (Lipinski definition) is 3. The quantitative estimate of drug-likeness (QED) is 0.661. The predicted molar refractivity (Wildman–Crippen MR) is 90.0 cm³/mol. The van der Waals surface area contributed by atoms with E-state index in [1.807, 2.05) is 0 Å². The van der Waals surface area contributed by atoms with E-state index in [2.05, 4.69) is 9.71 Å². The molecule has 3 rings (SSSR count). The molecular formula is C17H12F4N2O3S. The number of aromatic amines is 1. The summed E-state index contributed by atoms with van der Waals surface area (Å²) in [7, 11) is -4.14. The molecule has 27 heavy (non-hydrogen) atoms. The van der Waals surface area contributed by atoms with Crippen molar-refractivity contribution in [2.45, 2.75) is 17.6 Å². The van der Waals surface area contributed by atoms with E-state index in [1.165, 1.54) is 12.1 Å². The van der Waals surface area contributed by atoms with Gasteiger partial charge in [-0.3, -0.25) is 4.79 Å². The predicted octanol–water partition coefficient (Wildman–Crippen LogP) is 3.16. The minimum atomic E-state index is -4.82. The minimum absolute atomic E-state index is 0.132. The van der Waals surface area contributed by atoms with Crippen molar-refractivity contribution in [3.8, 4) is 0 Å². The Labute approximate surface area is 150 Å².